The molecule has 2 nitrogen and oxygen atoms in total. The van der Waals surface area contributed by atoms with Gasteiger partial charge in [0.25, 0.3) is 0 Å². The number of hydrogen-bond donors (Lipinski definition) is 0. The predicted octanol–water partition coefficient (Wildman–Crippen LogP) is 13.1. The van der Waals surface area contributed by atoms with E-state index < -0.39 is 0 Å². The molecule has 0 N–H and O–H groups in total. The van der Waals surface area contributed by atoms with Crippen molar-refractivity contribution in [1.82, 2.24) is 4.98 Å². The Kier molecular flexibility index (Phi) is 6.89. The van der Waals surface area contributed by atoms with E-state index in [1.165, 1.54) is 47.1 Å². The first kappa shape index (κ1) is 27.7. The van der Waals surface area contributed by atoms with E-state index in [0.29, 0.717) is 0 Å². The lowest BCUT2D eigenvalue weighted by Crippen LogP contribution is -2.10. The molecular formula is C43H28N2S2. The molecule has 0 saturated carbocycles. The Hall–Kier alpha value is -5.55. The van der Waals surface area contributed by atoms with E-state index in [-0.39, 0.29) is 0 Å². The molecule has 0 aliphatic carbocycles. The van der Waals surface area contributed by atoms with Gasteiger partial charge in [-0.25, -0.2) is 4.98 Å². The van der Waals surface area contributed by atoms with Crippen molar-refractivity contribution in [3.05, 3.63) is 170 Å². The normalized spacial score (nSPS) is 11.4. The van der Waals surface area contributed by atoms with E-state index in [0.717, 1.165) is 33.1 Å². The van der Waals surface area contributed by atoms with Gasteiger partial charge in [0.15, 0.2) is 0 Å². The predicted molar refractivity (Wildman–Crippen MR) is 203 cm³/mol. The SMILES string of the molecule is c1ccc(-c2ccc(N(c3cccc(-c4ccc5nc(-c6ccccc6)sc5c4)c3)c3ccc4sc5ccccc5c4c3)cc2)cc1. The van der Waals surface area contributed by atoms with E-state index in [9.17, 15) is 0 Å². The van der Waals surface area contributed by atoms with Gasteiger partial charge >= 0.3 is 0 Å². The number of nitrogens with zero attached hydrogens (tertiary/aromatic N) is 2. The Morgan fingerprint density at radius 2 is 0.979 bits per heavy atom. The maximum absolute atomic E-state index is 4.92. The van der Waals surface area contributed by atoms with E-state index >= 15 is 0 Å². The molecule has 0 aliphatic heterocycles. The highest BCUT2D eigenvalue weighted by atomic mass is 32.1. The number of rotatable bonds is 6. The Labute approximate surface area is 281 Å². The van der Waals surface area contributed by atoms with Gasteiger partial charge in [-0.15, -0.1) is 22.7 Å². The van der Waals surface area contributed by atoms with Gasteiger partial charge in [0, 0.05) is 42.8 Å². The summed E-state index contributed by atoms with van der Waals surface area (Å²) in [5, 5.41) is 3.64. The summed E-state index contributed by atoms with van der Waals surface area (Å²) in [5.41, 5.74) is 10.3. The summed E-state index contributed by atoms with van der Waals surface area (Å²) in [6.45, 7) is 0. The van der Waals surface area contributed by atoms with Gasteiger partial charge in [-0.05, 0) is 82.9 Å². The molecule has 0 saturated heterocycles. The third-order valence-electron chi connectivity index (χ3n) is 8.70. The first-order chi connectivity index (χ1) is 23.3. The summed E-state index contributed by atoms with van der Waals surface area (Å²) in [7, 11) is 0. The lowest BCUT2D eigenvalue weighted by Gasteiger charge is -2.26. The number of benzene rings is 7. The molecule has 47 heavy (non-hydrogen) atoms. The van der Waals surface area contributed by atoms with Gasteiger partial charge in [-0.2, -0.15) is 0 Å². The third-order valence-corrected chi connectivity index (χ3v) is 10.9. The molecule has 9 rings (SSSR count). The van der Waals surface area contributed by atoms with Crippen molar-refractivity contribution >= 4 is 70.1 Å². The summed E-state index contributed by atoms with van der Waals surface area (Å²) < 4.78 is 3.81. The maximum atomic E-state index is 4.92. The Morgan fingerprint density at radius 1 is 0.362 bits per heavy atom. The van der Waals surface area contributed by atoms with Crippen LogP contribution in [0.2, 0.25) is 0 Å². The second-order valence-electron chi connectivity index (χ2n) is 11.6. The number of hydrogen-bond acceptors (Lipinski definition) is 4. The van der Waals surface area contributed by atoms with Crippen LogP contribution in [0.1, 0.15) is 0 Å². The molecule has 2 heterocycles. The first-order valence-electron chi connectivity index (χ1n) is 15.7. The van der Waals surface area contributed by atoms with Crippen molar-refractivity contribution in [3.63, 3.8) is 0 Å². The molecule has 4 heteroatoms. The fourth-order valence-electron chi connectivity index (χ4n) is 6.37. The fraction of sp³-hybridized carbons (Fsp3) is 0. The van der Waals surface area contributed by atoms with Gasteiger partial charge in [-0.1, -0.05) is 109 Å². The summed E-state index contributed by atoms with van der Waals surface area (Å²) in [5.74, 6) is 0. The molecule has 0 spiro atoms. The van der Waals surface area contributed by atoms with Gasteiger partial charge < -0.3 is 4.90 Å². The largest absolute Gasteiger partial charge is 0.310 e. The van der Waals surface area contributed by atoms with Crippen LogP contribution in [0.15, 0.2) is 170 Å². The summed E-state index contributed by atoms with van der Waals surface area (Å²) in [4.78, 5) is 7.30. The zero-order valence-electron chi connectivity index (χ0n) is 25.4. The average Bonchev–Trinajstić information content (AvgIpc) is 3.74. The van der Waals surface area contributed by atoms with Crippen LogP contribution in [-0.4, -0.2) is 4.98 Å². The summed E-state index contributed by atoms with van der Waals surface area (Å²) >= 11 is 3.60. The van der Waals surface area contributed by atoms with Gasteiger partial charge in [0.2, 0.25) is 0 Å². The van der Waals surface area contributed by atoms with Crippen LogP contribution >= 0.6 is 22.7 Å². The van der Waals surface area contributed by atoms with Gasteiger partial charge in [0.05, 0.1) is 10.2 Å². The Balaban J connectivity index is 1.16. The Morgan fingerprint density at radius 3 is 1.81 bits per heavy atom. The quantitative estimate of drug-likeness (QED) is 0.181. The fourth-order valence-corrected chi connectivity index (χ4v) is 8.46. The van der Waals surface area contributed by atoms with Crippen molar-refractivity contribution in [2.45, 2.75) is 0 Å². The van der Waals surface area contributed by atoms with Crippen molar-refractivity contribution in [2.24, 2.45) is 0 Å². The monoisotopic (exact) mass is 636 g/mol. The van der Waals surface area contributed by atoms with Gasteiger partial charge in [0.1, 0.15) is 5.01 Å². The number of fused-ring (bicyclic) bond motifs is 4. The van der Waals surface area contributed by atoms with E-state index in [1.807, 2.05) is 17.4 Å². The van der Waals surface area contributed by atoms with Crippen molar-refractivity contribution in [1.29, 1.82) is 0 Å². The molecule has 0 fully saturated rings. The topological polar surface area (TPSA) is 16.1 Å². The van der Waals surface area contributed by atoms with Crippen molar-refractivity contribution < 1.29 is 0 Å². The number of anilines is 3. The maximum Gasteiger partial charge on any atom is 0.124 e. The minimum atomic E-state index is 1.03. The Bertz CT molecular complexity index is 2510. The molecule has 0 unspecified atom stereocenters. The molecule has 0 bridgehead atoms. The smallest absolute Gasteiger partial charge is 0.124 e. The van der Waals surface area contributed by atoms with Crippen molar-refractivity contribution in [2.75, 3.05) is 4.90 Å². The highest BCUT2D eigenvalue weighted by Crippen LogP contribution is 2.42. The lowest BCUT2D eigenvalue weighted by molar-refractivity contribution is 1.29. The zero-order valence-corrected chi connectivity index (χ0v) is 27.0. The van der Waals surface area contributed by atoms with E-state index in [1.54, 1.807) is 11.3 Å². The molecule has 0 amide bonds. The van der Waals surface area contributed by atoms with Crippen LogP contribution in [0, 0.1) is 0 Å². The molecule has 7 aromatic carbocycles. The third kappa shape index (κ3) is 5.18. The van der Waals surface area contributed by atoms with Crippen LogP contribution < -0.4 is 4.90 Å². The average molecular weight is 637 g/mol. The van der Waals surface area contributed by atoms with Crippen LogP contribution in [0.5, 0.6) is 0 Å². The van der Waals surface area contributed by atoms with E-state index in [2.05, 4.69) is 169 Å². The molecule has 9 aromatic rings. The van der Waals surface area contributed by atoms with Crippen LogP contribution in [0.25, 0.3) is 63.2 Å². The molecule has 0 radical (unpaired) electrons. The second kappa shape index (κ2) is 11.7. The van der Waals surface area contributed by atoms with Crippen LogP contribution in [0.4, 0.5) is 17.1 Å². The molecule has 222 valence electrons. The number of thiophene rings is 1. The summed E-state index contributed by atoms with van der Waals surface area (Å²) in [6, 6.07) is 61.0. The minimum Gasteiger partial charge on any atom is -0.310 e. The zero-order chi connectivity index (χ0) is 31.2. The second-order valence-corrected chi connectivity index (χ2v) is 13.8. The van der Waals surface area contributed by atoms with Gasteiger partial charge in [-0.3, -0.25) is 0 Å². The minimum absolute atomic E-state index is 1.03. The standard InChI is InChI=1S/C43H28N2S2/c1-3-10-29(11-4-1)30-18-21-34(22-19-30)45(36-23-25-41-38(28-36)37-16-7-8-17-40(37)46-41)35-15-9-14-32(26-35)33-20-24-39-42(27-33)47-43(44-39)31-12-5-2-6-13-31/h1-28H. The highest BCUT2D eigenvalue weighted by molar-refractivity contribution is 7.25. The highest BCUT2D eigenvalue weighted by Gasteiger charge is 2.16. The van der Waals surface area contributed by atoms with Crippen LogP contribution in [0.3, 0.4) is 0 Å². The number of aromatic nitrogens is 1. The van der Waals surface area contributed by atoms with Crippen molar-refractivity contribution in [3.8, 4) is 32.8 Å². The van der Waals surface area contributed by atoms with Crippen LogP contribution in [-0.2, 0) is 0 Å². The lowest BCUT2D eigenvalue weighted by atomic mass is 10.0. The molecule has 0 atom stereocenters. The first-order valence-corrected chi connectivity index (χ1v) is 17.3. The number of thiazole rings is 1. The molecule has 2 aromatic heterocycles. The molecule has 0 aliphatic rings. The molecular weight excluding hydrogens is 609 g/mol. The summed E-state index contributed by atoms with van der Waals surface area (Å²) in [6.07, 6.45) is 0. The van der Waals surface area contributed by atoms with E-state index in [4.69, 9.17) is 4.98 Å².